The molecule has 0 aromatic carbocycles. The largest absolute Gasteiger partial charge is 0.481 e. The van der Waals surface area contributed by atoms with Crippen LogP contribution in [0.3, 0.4) is 0 Å². The molecule has 0 bridgehead atoms. The molecule has 114 valence electrons. The van der Waals surface area contributed by atoms with Crippen molar-refractivity contribution in [3.05, 3.63) is 23.3 Å². The zero-order valence-electron chi connectivity index (χ0n) is 12.1. The highest BCUT2D eigenvalue weighted by molar-refractivity contribution is 8.06. The fourth-order valence-electron chi connectivity index (χ4n) is 3.01. The van der Waals surface area contributed by atoms with E-state index in [2.05, 4.69) is 11.9 Å². The van der Waals surface area contributed by atoms with Crippen LogP contribution in [0.25, 0.3) is 0 Å². The lowest BCUT2D eigenvalue weighted by Crippen LogP contribution is -2.25. The standard InChI is InChI=1S/C15H20N2O2S2/c1-2-12-13(21-6-5-20-12)14-16-8-10-7-9(15(18)19)3-4-11(10)17-14/h8-9,12-13H,2-7H2,1H3,(H,18,19). The Morgan fingerprint density at radius 3 is 3.00 bits per heavy atom. The molecule has 1 fully saturated rings. The number of hydrogen-bond donors (Lipinski definition) is 1. The van der Waals surface area contributed by atoms with Crippen molar-refractivity contribution in [3.8, 4) is 0 Å². The third-order valence-corrected chi connectivity index (χ3v) is 7.47. The van der Waals surface area contributed by atoms with Gasteiger partial charge in [-0.2, -0.15) is 11.8 Å². The van der Waals surface area contributed by atoms with Crippen LogP contribution in [0.5, 0.6) is 0 Å². The van der Waals surface area contributed by atoms with Gasteiger partial charge >= 0.3 is 5.97 Å². The van der Waals surface area contributed by atoms with Crippen molar-refractivity contribution in [2.24, 2.45) is 5.92 Å². The summed E-state index contributed by atoms with van der Waals surface area (Å²) >= 11 is 3.99. The Morgan fingerprint density at radius 2 is 2.24 bits per heavy atom. The molecule has 0 saturated carbocycles. The van der Waals surface area contributed by atoms with Crippen LogP contribution in [-0.4, -0.2) is 37.8 Å². The predicted molar refractivity (Wildman–Crippen MR) is 86.9 cm³/mol. The van der Waals surface area contributed by atoms with Gasteiger partial charge in [-0.25, -0.2) is 9.97 Å². The fourth-order valence-corrected chi connectivity index (χ4v) is 6.01. The van der Waals surface area contributed by atoms with Crippen molar-refractivity contribution >= 4 is 29.5 Å². The lowest BCUT2D eigenvalue weighted by molar-refractivity contribution is -0.142. The third-order valence-electron chi connectivity index (χ3n) is 4.23. The van der Waals surface area contributed by atoms with Crippen LogP contribution in [0.4, 0.5) is 0 Å². The normalized spacial score (nSPS) is 28.9. The average Bonchev–Trinajstić information content (AvgIpc) is 2.53. The zero-order valence-corrected chi connectivity index (χ0v) is 13.8. The van der Waals surface area contributed by atoms with Crippen LogP contribution in [0.15, 0.2) is 6.20 Å². The quantitative estimate of drug-likeness (QED) is 0.922. The van der Waals surface area contributed by atoms with Crippen LogP contribution < -0.4 is 0 Å². The molecule has 3 atom stereocenters. The van der Waals surface area contributed by atoms with Crippen molar-refractivity contribution in [3.63, 3.8) is 0 Å². The number of carbonyl (C=O) groups is 1. The van der Waals surface area contributed by atoms with Crippen LogP contribution in [0.2, 0.25) is 0 Å². The van der Waals surface area contributed by atoms with Gasteiger partial charge in [0.25, 0.3) is 0 Å². The minimum Gasteiger partial charge on any atom is -0.481 e. The molecule has 1 aliphatic carbocycles. The molecule has 1 aromatic heterocycles. The van der Waals surface area contributed by atoms with Gasteiger partial charge < -0.3 is 5.11 Å². The van der Waals surface area contributed by atoms with Crippen LogP contribution in [0.1, 0.15) is 42.1 Å². The summed E-state index contributed by atoms with van der Waals surface area (Å²) < 4.78 is 0. The Bertz CT molecular complexity index is 538. The van der Waals surface area contributed by atoms with Gasteiger partial charge in [0.15, 0.2) is 0 Å². The number of rotatable bonds is 3. The highest BCUT2D eigenvalue weighted by Gasteiger charge is 2.31. The molecule has 2 aliphatic rings. The van der Waals surface area contributed by atoms with E-state index in [0.717, 1.165) is 35.7 Å². The minimum atomic E-state index is -0.699. The molecule has 1 aliphatic heterocycles. The first-order valence-corrected chi connectivity index (χ1v) is 9.59. The van der Waals surface area contributed by atoms with Crippen LogP contribution in [0, 0.1) is 5.92 Å². The molecule has 0 radical (unpaired) electrons. The molecule has 0 amide bonds. The maximum absolute atomic E-state index is 11.1. The summed E-state index contributed by atoms with van der Waals surface area (Å²) in [5.41, 5.74) is 2.10. The first-order valence-electron chi connectivity index (χ1n) is 7.49. The minimum absolute atomic E-state index is 0.269. The molecule has 21 heavy (non-hydrogen) atoms. The summed E-state index contributed by atoms with van der Waals surface area (Å²) in [6, 6.07) is 0. The van der Waals surface area contributed by atoms with E-state index in [9.17, 15) is 4.79 Å². The number of nitrogens with zero attached hydrogens (tertiary/aromatic N) is 2. The molecule has 1 aromatic rings. The second kappa shape index (κ2) is 6.57. The topological polar surface area (TPSA) is 63.1 Å². The number of thioether (sulfide) groups is 2. The van der Waals surface area contributed by atoms with E-state index in [1.54, 1.807) is 0 Å². The number of fused-ring (bicyclic) bond motifs is 1. The number of hydrogen-bond acceptors (Lipinski definition) is 5. The second-order valence-corrected chi connectivity index (χ2v) is 8.18. The molecule has 2 heterocycles. The maximum atomic E-state index is 11.1. The van der Waals surface area contributed by atoms with Gasteiger partial charge in [0.1, 0.15) is 5.82 Å². The zero-order chi connectivity index (χ0) is 14.8. The van der Waals surface area contributed by atoms with Gasteiger partial charge in [-0.05, 0) is 31.2 Å². The predicted octanol–water partition coefficient (Wildman–Crippen LogP) is 2.97. The van der Waals surface area contributed by atoms with E-state index in [1.165, 1.54) is 5.75 Å². The summed E-state index contributed by atoms with van der Waals surface area (Å²) in [6.45, 7) is 2.23. The SMILES string of the molecule is CCC1SCCSC1c1ncc2c(n1)CCC(C(=O)O)C2. The fraction of sp³-hybridized carbons (Fsp3) is 0.667. The van der Waals surface area contributed by atoms with E-state index in [4.69, 9.17) is 10.1 Å². The molecule has 3 unspecified atom stereocenters. The van der Waals surface area contributed by atoms with E-state index in [-0.39, 0.29) is 5.92 Å². The van der Waals surface area contributed by atoms with Gasteiger partial charge in [0.2, 0.25) is 0 Å². The smallest absolute Gasteiger partial charge is 0.306 e. The molecule has 3 rings (SSSR count). The molecule has 0 spiro atoms. The van der Waals surface area contributed by atoms with Crippen molar-refractivity contribution in [2.75, 3.05) is 11.5 Å². The number of aliphatic carboxylic acids is 1. The lowest BCUT2D eigenvalue weighted by atomic mass is 9.87. The number of aryl methyl sites for hydroxylation is 1. The van der Waals surface area contributed by atoms with Gasteiger partial charge in [-0.3, -0.25) is 4.79 Å². The summed E-state index contributed by atoms with van der Waals surface area (Å²) in [5, 5.41) is 10.1. The Labute approximate surface area is 133 Å². The third kappa shape index (κ3) is 3.21. The highest BCUT2D eigenvalue weighted by Crippen LogP contribution is 2.43. The van der Waals surface area contributed by atoms with Crippen molar-refractivity contribution < 1.29 is 9.90 Å². The Kier molecular flexibility index (Phi) is 4.74. The summed E-state index contributed by atoms with van der Waals surface area (Å²) in [7, 11) is 0. The molecule has 1 N–H and O–H groups in total. The monoisotopic (exact) mass is 324 g/mol. The van der Waals surface area contributed by atoms with Crippen molar-refractivity contribution in [1.29, 1.82) is 0 Å². The van der Waals surface area contributed by atoms with E-state index >= 15 is 0 Å². The summed E-state index contributed by atoms with van der Waals surface area (Å²) in [5.74, 6) is 2.36. The average molecular weight is 324 g/mol. The molecular weight excluding hydrogens is 304 g/mol. The van der Waals surface area contributed by atoms with Crippen molar-refractivity contribution in [2.45, 2.75) is 43.1 Å². The number of carboxylic acids is 1. The van der Waals surface area contributed by atoms with Gasteiger partial charge in [0.05, 0.1) is 11.2 Å². The summed E-state index contributed by atoms with van der Waals surface area (Å²) in [4.78, 5) is 20.5. The molecule has 4 nitrogen and oxygen atoms in total. The summed E-state index contributed by atoms with van der Waals surface area (Å²) in [6.07, 6.45) is 5.06. The van der Waals surface area contributed by atoms with Crippen LogP contribution >= 0.6 is 23.5 Å². The maximum Gasteiger partial charge on any atom is 0.306 e. The first kappa shape index (κ1) is 15.2. The molecular formula is C15H20N2O2S2. The van der Waals surface area contributed by atoms with Crippen LogP contribution in [-0.2, 0) is 17.6 Å². The van der Waals surface area contributed by atoms with E-state index < -0.39 is 5.97 Å². The number of carboxylic acid groups (broad SMARTS) is 1. The van der Waals surface area contributed by atoms with Crippen molar-refractivity contribution in [1.82, 2.24) is 9.97 Å². The molecule has 6 heteroatoms. The second-order valence-electron chi connectivity index (χ2n) is 5.59. The Hall–Kier alpha value is -0.750. The Morgan fingerprint density at radius 1 is 1.43 bits per heavy atom. The van der Waals surface area contributed by atoms with Gasteiger partial charge in [-0.15, -0.1) is 11.8 Å². The highest BCUT2D eigenvalue weighted by atomic mass is 32.2. The lowest BCUT2D eigenvalue weighted by Gasteiger charge is -2.29. The Balaban J connectivity index is 1.81. The molecule has 1 saturated heterocycles. The van der Waals surface area contributed by atoms with E-state index in [0.29, 0.717) is 23.3 Å². The first-order chi connectivity index (χ1) is 10.2. The van der Waals surface area contributed by atoms with Gasteiger partial charge in [-0.1, -0.05) is 6.92 Å². The van der Waals surface area contributed by atoms with E-state index in [1.807, 2.05) is 29.7 Å². The van der Waals surface area contributed by atoms with Gasteiger partial charge in [0, 0.05) is 28.6 Å². The number of aromatic nitrogens is 2.